The number of methoxy groups -OCH3 is 1. The summed E-state index contributed by atoms with van der Waals surface area (Å²) in [6.45, 7) is 0. The first-order valence-electron chi connectivity index (χ1n) is 5.58. The molecule has 1 rings (SSSR count). The Bertz CT molecular complexity index is 516. The number of ether oxygens (including phenoxy) is 1. The fraction of sp³-hybridized carbons (Fsp3) is 0.250. The van der Waals surface area contributed by atoms with Gasteiger partial charge in [0.2, 0.25) is 0 Å². The number of carboxylic acids is 2. The van der Waals surface area contributed by atoms with Gasteiger partial charge in [0.05, 0.1) is 13.5 Å². The van der Waals surface area contributed by atoms with Gasteiger partial charge in [0.1, 0.15) is 11.8 Å². The third-order valence-electron chi connectivity index (χ3n) is 2.31. The second kappa shape index (κ2) is 6.98. The minimum atomic E-state index is -1.50. The molecule has 0 saturated heterocycles. The number of rotatable bonds is 6. The summed E-state index contributed by atoms with van der Waals surface area (Å²) in [4.78, 5) is 32.9. The summed E-state index contributed by atoms with van der Waals surface area (Å²) in [7, 11) is 1.46. The summed E-state index contributed by atoms with van der Waals surface area (Å²) in [5.74, 6) is -2.23. The molecule has 0 aromatic heterocycles. The Morgan fingerprint density at radius 2 is 2.00 bits per heavy atom. The lowest BCUT2D eigenvalue weighted by molar-refractivity contribution is -0.145. The Balaban J connectivity index is 2.65. The largest absolute Gasteiger partial charge is 0.497 e. The predicted octanol–water partition coefficient (Wildman–Crippen LogP) is 0.745. The molecule has 0 saturated carbocycles. The van der Waals surface area contributed by atoms with Crippen molar-refractivity contribution in [1.82, 2.24) is 5.32 Å². The number of benzene rings is 1. The molecule has 1 atom stereocenters. The highest BCUT2D eigenvalue weighted by Gasteiger charge is 2.22. The Morgan fingerprint density at radius 3 is 2.55 bits per heavy atom. The number of hydrogen-bond acceptors (Lipinski definition) is 4. The van der Waals surface area contributed by atoms with Gasteiger partial charge in [-0.2, -0.15) is 0 Å². The fourth-order valence-electron chi connectivity index (χ4n) is 1.40. The fourth-order valence-corrected chi connectivity index (χ4v) is 1.40. The molecule has 8 nitrogen and oxygen atoms in total. The number of carbonyl (C=O) groups is 3. The van der Waals surface area contributed by atoms with Crippen LogP contribution >= 0.6 is 0 Å². The summed E-state index contributed by atoms with van der Waals surface area (Å²) < 4.78 is 4.96. The molecular formula is C12H14N2O6. The van der Waals surface area contributed by atoms with Crippen molar-refractivity contribution in [1.29, 1.82) is 0 Å². The number of carboxylic acid groups (broad SMARTS) is 2. The van der Waals surface area contributed by atoms with Crippen LogP contribution in [0.4, 0.5) is 10.5 Å². The maximum Gasteiger partial charge on any atom is 0.326 e. The molecule has 0 bridgehead atoms. The zero-order chi connectivity index (χ0) is 15.1. The van der Waals surface area contributed by atoms with Crippen molar-refractivity contribution in [3.8, 4) is 5.75 Å². The van der Waals surface area contributed by atoms with E-state index in [1.807, 2.05) is 0 Å². The topological polar surface area (TPSA) is 125 Å². The van der Waals surface area contributed by atoms with Gasteiger partial charge in [0.15, 0.2) is 0 Å². The van der Waals surface area contributed by atoms with Crippen molar-refractivity contribution in [3.63, 3.8) is 0 Å². The number of hydrogen-bond donors (Lipinski definition) is 4. The molecule has 0 unspecified atom stereocenters. The van der Waals surface area contributed by atoms with E-state index in [0.717, 1.165) is 0 Å². The van der Waals surface area contributed by atoms with E-state index >= 15 is 0 Å². The molecule has 2 amide bonds. The molecular weight excluding hydrogens is 268 g/mol. The van der Waals surface area contributed by atoms with Gasteiger partial charge in [-0.1, -0.05) is 6.07 Å². The van der Waals surface area contributed by atoms with E-state index in [0.29, 0.717) is 11.4 Å². The van der Waals surface area contributed by atoms with Gasteiger partial charge >= 0.3 is 18.0 Å². The maximum absolute atomic E-state index is 11.6. The molecule has 20 heavy (non-hydrogen) atoms. The standard InChI is InChI=1S/C12H14N2O6/c1-20-8-4-2-3-7(5-8)13-12(19)14-9(11(17)18)6-10(15)16/h2-5,9H,6H2,1H3,(H,15,16)(H,17,18)(H2,13,14,19)/t9-/m0/s1. The highest BCUT2D eigenvalue weighted by Crippen LogP contribution is 2.16. The van der Waals surface area contributed by atoms with Gasteiger partial charge in [-0.3, -0.25) is 4.79 Å². The number of amides is 2. The van der Waals surface area contributed by atoms with E-state index in [2.05, 4.69) is 10.6 Å². The molecule has 0 fully saturated rings. The lowest BCUT2D eigenvalue weighted by Gasteiger charge is -2.13. The summed E-state index contributed by atoms with van der Waals surface area (Å²) in [5, 5.41) is 21.8. The van der Waals surface area contributed by atoms with E-state index in [9.17, 15) is 14.4 Å². The average molecular weight is 282 g/mol. The van der Waals surface area contributed by atoms with Gasteiger partial charge in [-0.25, -0.2) is 9.59 Å². The Morgan fingerprint density at radius 1 is 1.30 bits per heavy atom. The molecule has 0 heterocycles. The summed E-state index contributed by atoms with van der Waals surface area (Å²) in [6, 6.07) is 4.11. The monoisotopic (exact) mass is 282 g/mol. The SMILES string of the molecule is COc1cccc(NC(=O)N[C@@H](CC(=O)O)C(=O)O)c1. The molecule has 0 spiro atoms. The molecule has 108 valence electrons. The first-order chi connectivity index (χ1) is 9.42. The van der Waals surface area contributed by atoms with Crippen LogP contribution in [0.1, 0.15) is 6.42 Å². The molecule has 1 aromatic rings. The first-order valence-corrected chi connectivity index (χ1v) is 5.58. The third kappa shape index (κ3) is 4.84. The van der Waals surface area contributed by atoms with Crippen LogP contribution < -0.4 is 15.4 Å². The summed E-state index contributed by atoms with van der Waals surface area (Å²) in [6.07, 6.45) is -0.707. The zero-order valence-corrected chi connectivity index (χ0v) is 10.6. The quantitative estimate of drug-likeness (QED) is 0.610. The molecule has 0 aliphatic rings. The smallest absolute Gasteiger partial charge is 0.326 e. The van der Waals surface area contributed by atoms with Gasteiger partial charge in [0.25, 0.3) is 0 Å². The van der Waals surface area contributed by atoms with Crippen LogP contribution in [0.25, 0.3) is 0 Å². The van der Waals surface area contributed by atoms with Gasteiger partial charge in [-0.05, 0) is 12.1 Å². The first kappa shape index (κ1) is 15.3. The van der Waals surface area contributed by atoms with E-state index < -0.39 is 30.4 Å². The Hall–Kier alpha value is -2.77. The van der Waals surface area contributed by atoms with Crippen LogP contribution in [0.15, 0.2) is 24.3 Å². The number of aliphatic carboxylic acids is 2. The minimum Gasteiger partial charge on any atom is -0.497 e. The number of nitrogens with one attached hydrogen (secondary N) is 2. The van der Waals surface area contributed by atoms with Crippen molar-refractivity contribution < 1.29 is 29.3 Å². The molecule has 4 N–H and O–H groups in total. The molecule has 0 aliphatic carbocycles. The van der Waals surface area contributed by atoms with E-state index in [-0.39, 0.29) is 0 Å². The van der Waals surface area contributed by atoms with Crippen LogP contribution in [0, 0.1) is 0 Å². The van der Waals surface area contributed by atoms with Gasteiger partial charge in [-0.15, -0.1) is 0 Å². The van der Waals surface area contributed by atoms with Crippen LogP contribution in [-0.4, -0.2) is 41.3 Å². The second-order valence-corrected chi connectivity index (χ2v) is 3.82. The zero-order valence-electron chi connectivity index (χ0n) is 10.6. The van der Waals surface area contributed by atoms with Crippen LogP contribution in [-0.2, 0) is 9.59 Å². The lowest BCUT2D eigenvalue weighted by Crippen LogP contribution is -2.44. The third-order valence-corrected chi connectivity index (χ3v) is 2.31. The molecule has 1 aromatic carbocycles. The van der Waals surface area contributed by atoms with Gasteiger partial charge in [0, 0.05) is 11.8 Å². The molecule has 8 heteroatoms. The summed E-state index contributed by atoms with van der Waals surface area (Å²) in [5.41, 5.74) is 0.390. The maximum atomic E-state index is 11.6. The number of anilines is 1. The number of carbonyl (C=O) groups excluding carboxylic acids is 1. The second-order valence-electron chi connectivity index (χ2n) is 3.82. The van der Waals surface area contributed by atoms with Gasteiger partial charge < -0.3 is 25.6 Å². The summed E-state index contributed by atoms with van der Waals surface area (Å²) >= 11 is 0. The molecule has 0 radical (unpaired) electrons. The Labute approximate surface area is 114 Å². The van der Waals surface area contributed by atoms with Crippen LogP contribution in [0.5, 0.6) is 5.75 Å². The van der Waals surface area contributed by atoms with Crippen LogP contribution in [0.3, 0.4) is 0 Å². The predicted molar refractivity (Wildman–Crippen MR) is 68.8 cm³/mol. The van der Waals surface area contributed by atoms with E-state index in [4.69, 9.17) is 14.9 Å². The van der Waals surface area contributed by atoms with Crippen molar-refractivity contribution in [2.45, 2.75) is 12.5 Å². The molecule has 0 aliphatic heterocycles. The van der Waals surface area contributed by atoms with Crippen molar-refractivity contribution in [2.75, 3.05) is 12.4 Å². The lowest BCUT2D eigenvalue weighted by atomic mass is 10.2. The highest BCUT2D eigenvalue weighted by atomic mass is 16.5. The van der Waals surface area contributed by atoms with E-state index in [1.165, 1.54) is 13.2 Å². The highest BCUT2D eigenvalue weighted by molar-refractivity contribution is 5.93. The Kier molecular flexibility index (Phi) is 5.33. The van der Waals surface area contributed by atoms with Crippen LogP contribution in [0.2, 0.25) is 0 Å². The van der Waals surface area contributed by atoms with Crippen molar-refractivity contribution in [2.24, 2.45) is 0 Å². The minimum absolute atomic E-state index is 0.390. The normalized spacial score (nSPS) is 11.2. The van der Waals surface area contributed by atoms with Crippen molar-refractivity contribution >= 4 is 23.7 Å². The average Bonchev–Trinajstić information content (AvgIpc) is 2.37. The van der Waals surface area contributed by atoms with Crippen molar-refractivity contribution in [3.05, 3.63) is 24.3 Å². The number of urea groups is 1. The van der Waals surface area contributed by atoms with E-state index in [1.54, 1.807) is 18.2 Å².